The summed E-state index contributed by atoms with van der Waals surface area (Å²) in [5.41, 5.74) is 1.81. The van der Waals surface area contributed by atoms with Crippen molar-refractivity contribution in [2.75, 3.05) is 52.4 Å². The number of morpholine rings is 1. The van der Waals surface area contributed by atoms with Crippen LogP contribution in [0.4, 0.5) is 10.6 Å². The summed E-state index contributed by atoms with van der Waals surface area (Å²) in [6.45, 7) is 6.18. The van der Waals surface area contributed by atoms with Crippen LogP contribution in [-0.2, 0) is 19.0 Å². The number of rotatable bonds is 12. The van der Waals surface area contributed by atoms with Crippen LogP contribution in [0.2, 0.25) is 0 Å². The molecule has 3 atom stereocenters. The van der Waals surface area contributed by atoms with Gasteiger partial charge in [0.25, 0.3) is 5.91 Å². The molecule has 2 amide bonds. The van der Waals surface area contributed by atoms with Crippen molar-refractivity contribution in [3.8, 4) is 0 Å². The molecule has 1 aliphatic heterocycles. The smallest absolute Gasteiger partial charge is 0.406 e. The van der Waals surface area contributed by atoms with Gasteiger partial charge < -0.3 is 40.5 Å². The molecule has 3 rings (SSSR count). The highest BCUT2D eigenvalue weighted by atomic mass is 16.5. The largest absolute Gasteiger partial charge is 0.453 e. The topological polar surface area (TPSA) is 138 Å². The molecule has 1 aliphatic carbocycles. The van der Waals surface area contributed by atoms with E-state index in [1.807, 2.05) is 30.9 Å². The van der Waals surface area contributed by atoms with Crippen LogP contribution in [0.1, 0.15) is 37.4 Å². The second kappa shape index (κ2) is 12.8. The number of ether oxygens (including phenoxy) is 3. The SMILES string of the molecule is COC[C@H]1CO[C@@H](C(=O)N(C2CC2)[C@H](C)C(=N)c2ccc(C)nc2NCCCNC(=O)OC)CN1. The van der Waals surface area contributed by atoms with E-state index in [0.29, 0.717) is 56.4 Å². The Morgan fingerprint density at radius 2 is 2.09 bits per heavy atom. The van der Waals surface area contributed by atoms with Crippen molar-refractivity contribution >= 4 is 23.5 Å². The Balaban J connectivity index is 1.65. The minimum absolute atomic E-state index is 0.0734. The number of hydrogen-bond donors (Lipinski definition) is 4. The number of methoxy groups -OCH3 is 2. The lowest BCUT2D eigenvalue weighted by Crippen LogP contribution is -2.57. The number of aryl methyl sites for hydroxylation is 1. The molecule has 2 fully saturated rings. The van der Waals surface area contributed by atoms with Gasteiger partial charge in [-0.2, -0.15) is 0 Å². The molecule has 194 valence electrons. The van der Waals surface area contributed by atoms with Gasteiger partial charge in [0.1, 0.15) is 11.9 Å². The van der Waals surface area contributed by atoms with Crippen LogP contribution in [0.5, 0.6) is 0 Å². The molecule has 2 aliphatic rings. The molecule has 0 radical (unpaired) electrons. The fourth-order valence-corrected chi connectivity index (χ4v) is 4.13. The third kappa shape index (κ3) is 7.36. The first kappa shape index (κ1) is 26.8. The number of hydrogen-bond acceptors (Lipinski definition) is 9. The first-order valence-corrected chi connectivity index (χ1v) is 12.1. The molecule has 11 nitrogen and oxygen atoms in total. The summed E-state index contributed by atoms with van der Waals surface area (Å²) in [5, 5.41) is 18.2. The first-order chi connectivity index (χ1) is 16.8. The molecule has 0 unspecified atom stereocenters. The molecule has 4 N–H and O–H groups in total. The Labute approximate surface area is 206 Å². The van der Waals surface area contributed by atoms with Crippen molar-refractivity contribution in [3.63, 3.8) is 0 Å². The Morgan fingerprint density at radius 1 is 1.31 bits per heavy atom. The molecule has 11 heteroatoms. The summed E-state index contributed by atoms with van der Waals surface area (Å²) >= 11 is 0. The molecule has 1 saturated carbocycles. The van der Waals surface area contributed by atoms with Gasteiger partial charge in [-0.25, -0.2) is 9.78 Å². The predicted molar refractivity (Wildman–Crippen MR) is 132 cm³/mol. The van der Waals surface area contributed by atoms with Crippen molar-refractivity contribution in [3.05, 3.63) is 23.4 Å². The monoisotopic (exact) mass is 490 g/mol. The fraction of sp³-hybridized carbons (Fsp3) is 0.667. The maximum Gasteiger partial charge on any atom is 0.406 e. The standard InChI is InChI=1S/C24H38N6O5/c1-15-6-9-19(22(29-15)26-10-5-11-27-24(32)34-4)21(25)16(2)30(18-7-8-18)23(31)20-12-28-17(13-33-3)14-35-20/h6,9,16-18,20,25,28H,5,7-8,10-14H2,1-4H3,(H,26,29)(H,27,32)/t16-,17+,20-/m1/s1. The number of carbonyl (C=O) groups excluding carboxylic acids is 2. The summed E-state index contributed by atoms with van der Waals surface area (Å²) in [6, 6.07) is 3.51. The number of carbonyl (C=O) groups is 2. The summed E-state index contributed by atoms with van der Waals surface area (Å²) in [7, 11) is 2.97. The van der Waals surface area contributed by atoms with Gasteiger partial charge in [-0.05, 0) is 45.2 Å². The molecule has 1 saturated heterocycles. The van der Waals surface area contributed by atoms with Gasteiger partial charge in [-0.15, -0.1) is 0 Å². The summed E-state index contributed by atoms with van der Waals surface area (Å²) in [6.07, 6.45) is 1.48. The molecular formula is C24H38N6O5. The highest BCUT2D eigenvalue weighted by Crippen LogP contribution is 2.31. The Hall–Kier alpha value is -2.76. The summed E-state index contributed by atoms with van der Waals surface area (Å²) in [5.74, 6) is 0.512. The van der Waals surface area contributed by atoms with E-state index in [0.717, 1.165) is 18.5 Å². The molecule has 1 aromatic heterocycles. The number of amides is 2. The Morgan fingerprint density at radius 3 is 2.71 bits per heavy atom. The Bertz CT molecular complexity index is 885. The quantitative estimate of drug-likeness (QED) is 0.254. The van der Waals surface area contributed by atoms with E-state index in [-0.39, 0.29) is 18.0 Å². The van der Waals surface area contributed by atoms with Crippen LogP contribution in [0.25, 0.3) is 0 Å². The third-order valence-corrected chi connectivity index (χ3v) is 6.19. The van der Waals surface area contributed by atoms with Crippen LogP contribution in [0.3, 0.4) is 0 Å². The van der Waals surface area contributed by atoms with Crippen molar-refractivity contribution in [2.45, 2.75) is 57.3 Å². The van der Waals surface area contributed by atoms with Crippen molar-refractivity contribution in [1.29, 1.82) is 5.41 Å². The van der Waals surface area contributed by atoms with Gasteiger partial charge in [0.05, 0.1) is 38.1 Å². The Kier molecular flexibility index (Phi) is 9.82. The number of alkyl carbamates (subject to hydrolysis) is 1. The van der Waals surface area contributed by atoms with Crippen LogP contribution in [0.15, 0.2) is 12.1 Å². The number of aromatic nitrogens is 1. The second-order valence-corrected chi connectivity index (χ2v) is 9.00. The minimum atomic E-state index is -0.574. The van der Waals surface area contributed by atoms with E-state index < -0.39 is 18.2 Å². The predicted octanol–water partition coefficient (Wildman–Crippen LogP) is 1.30. The lowest BCUT2D eigenvalue weighted by atomic mass is 10.0. The number of nitrogens with zero attached hydrogens (tertiary/aromatic N) is 2. The van der Waals surface area contributed by atoms with E-state index >= 15 is 0 Å². The van der Waals surface area contributed by atoms with Crippen molar-refractivity contribution < 1.29 is 23.8 Å². The normalized spacial score (nSPS) is 20.6. The van der Waals surface area contributed by atoms with E-state index in [4.69, 9.17) is 14.9 Å². The van der Waals surface area contributed by atoms with Gasteiger partial charge in [0.15, 0.2) is 0 Å². The molecule has 2 heterocycles. The number of nitrogens with one attached hydrogen (secondary N) is 4. The average molecular weight is 491 g/mol. The van der Waals surface area contributed by atoms with Gasteiger partial charge in [0.2, 0.25) is 0 Å². The highest BCUT2D eigenvalue weighted by Gasteiger charge is 2.41. The first-order valence-electron chi connectivity index (χ1n) is 12.1. The minimum Gasteiger partial charge on any atom is -0.453 e. The van der Waals surface area contributed by atoms with E-state index in [9.17, 15) is 9.59 Å². The molecule has 35 heavy (non-hydrogen) atoms. The summed E-state index contributed by atoms with van der Waals surface area (Å²) in [4.78, 5) is 31.0. The molecule has 0 spiro atoms. The van der Waals surface area contributed by atoms with Crippen LogP contribution < -0.4 is 16.0 Å². The highest BCUT2D eigenvalue weighted by molar-refractivity contribution is 6.07. The zero-order valence-corrected chi connectivity index (χ0v) is 21.1. The molecule has 1 aromatic rings. The maximum absolute atomic E-state index is 13.4. The van der Waals surface area contributed by atoms with Crippen molar-refractivity contribution in [1.82, 2.24) is 20.5 Å². The van der Waals surface area contributed by atoms with Gasteiger partial charge >= 0.3 is 6.09 Å². The van der Waals surface area contributed by atoms with Crippen LogP contribution in [0, 0.1) is 12.3 Å². The van der Waals surface area contributed by atoms with E-state index in [1.165, 1.54) is 7.11 Å². The van der Waals surface area contributed by atoms with Crippen LogP contribution in [-0.4, -0.2) is 98.9 Å². The van der Waals surface area contributed by atoms with Crippen molar-refractivity contribution in [2.24, 2.45) is 0 Å². The zero-order valence-electron chi connectivity index (χ0n) is 21.1. The molecular weight excluding hydrogens is 452 g/mol. The fourth-order valence-electron chi connectivity index (χ4n) is 4.13. The lowest BCUT2D eigenvalue weighted by molar-refractivity contribution is -0.148. The van der Waals surface area contributed by atoms with Gasteiger partial charge in [-0.1, -0.05) is 0 Å². The third-order valence-electron chi connectivity index (χ3n) is 6.19. The molecule has 0 bridgehead atoms. The van der Waals surface area contributed by atoms with E-state index in [2.05, 4.69) is 25.7 Å². The molecule has 0 aromatic carbocycles. The van der Waals surface area contributed by atoms with Gasteiger partial charge in [-0.3, -0.25) is 4.79 Å². The number of anilines is 1. The average Bonchev–Trinajstić information content (AvgIpc) is 3.69. The number of pyridine rings is 1. The summed E-state index contributed by atoms with van der Waals surface area (Å²) < 4.78 is 15.6. The van der Waals surface area contributed by atoms with E-state index in [1.54, 1.807) is 7.11 Å². The lowest BCUT2D eigenvalue weighted by Gasteiger charge is -2.36. The van der Waals surface area contributed by atoms with Crippen LogP contribution >= 0.6 is 0 Å². The van der Waals surface area contributed by atoms with Gasteiger partial charge in [0, 0.05) is 44.0 Å². The maximum atomic E-state index is 13.4. The zero-order chi connectivity index (χ0) is 25.4. The second-order valence-electron chi connectivity index (χ2n) is 9.00.